The molecule has 7 nitrogen and oxygen atoms in total. The van der Waals surface area contributed by atoms with Crippen molar-refractivity contribution in [3.8, 4) is 22.6 Å². The topological polar surface area (TPSA) is 84.3 Å². The molecule has 0 saturated heterocycles. The SMILES string of the molecule is c1ccc(-c2nnc3n2CC(NCc2cn[nH]c2-c2cccnc2)CC3)cc1. The smallest absolute Gasteiger partial charge is 0.164 e. The van der Waals surface area contributed by atoms with Crippen LogP contribution < -0.4 is 5.32 Å². The molecule has 1 aliphatic rings. The molecule has 0 bridgehead atoms. The number of hydrogen-bond acceptors (Lipinski definition) is 5. The maximum absolute atomic E-state index is 4.43. The first kappa shape index (κ1) is 16.8. The standard InChI is InChI=1S/C21H21N7/c1-2-5-15(6-3-1)21-27-25-19-9-8-18(14-28(19)21)23-12-17-13-24-26-20(17)16-7-4-10-22-11-16/h1-7,10-11,13,18,23H,8-9,12,14H2,(H,24,26). The largest absolute Gasteiger partial charge is 0.309 e. The molecule has 5 rings (SSSR count). The number of fused-ring (bicyclic) bond motifs is 1. The number of aromatic amines is 1. The molecule has 1 atom stereocenters. The monoisotopic (exact) mass is 371 g/mol. The molecule has 1 unspecified atom stereocenters. The number of hydrogen-bond donors (Lipinski definition) is 2. The van der Waals surface area contributed by atoms with Crippen molar-refractivity contribution in [1.29, 1.82) is 0 Å². The highest BCUT2D eigenvalue weighted by Gasteiger charge is 2.23. The maximum atomic E-state index is 4.43. The van der Waals surface area contributed by atoms with E-state index in [0.29, 0.717) is 6.04 Å². The van der Waals surface area contributed by atoms with E-state index in [9.17, 15) is 0 Å². The van der Waals surface area contributed by atoms with E-state index in [2.05, 4.69) is 47.4 Å². The molecule has 4 aromatic rings. The van der Waals surface area contributed by atoms with Gasteiger partial charge in [0.25, 0.3) is 0 Å². The Morgan fingerprint density at radius 1 is 1.04 bits per heavy atom. The second-order valence-corrected chi connectivity index (χ2v) is 7.04. The minimum absolute atomic E-state index is 0.364. The summed E-state index contributed by atoms with van der Waals surface area (Å²) in [5.41, 5.74) is 4.32. The van der Waals surface area contributed by atoms with Crippen LogP contribution in [0.4, 0.5) is 0 Å². The van der Waals surface area contributed by atoms with Crippen molar-refractivity contribution in [2.75, 3.05) is 0 Å². The number of nitrogens with zero attached hydrogens (tertiary/aromatic N) is 5. The minimum Gasteiger partial charge on any atom is -0.309 e. The number of H-pyrrole nitrogens is 1. The van der Waals surface area contributed by atoms with Crippen molar-refractivity contribution in [3.63, 3.8) is 0 Å². The van der Waals surface area contributed by atoms with Crippen molar-refractivity contribution < 1.29 is 0 Å². The molecule has 2 N–H and O–H groups in total. The first-order chi connectivity index (χ1) is 13.9. The Morgan fingerprint density at radius 2 is 1.93 bits per heavy atom. The van der Waals surface area contributed by atoms with Crippen LogP contribution in [0.2, 0.25) is 0 Å². The van der Waals surface area contributed by atoms with Crippen LogP contribution in [0.3, 0.4) is 0 Å². The summed E-state index contributed by atoms with van der Waals surface area (Å²) in [5.74, 6) is 2.01. The molecule has 4 heterocycles. The van der Waals surface area contributed by atoms with Gasteiger partial charge in [0.15, 0.2) is 5.82 Å². The zero-order valence-electron chi connectivity index (χ0n) is 15.4. The Balaban J connectivity index is 1.31. The van der Waals surface area contributed by atoms with Gasteiger partial charge in [-0.05, 0) is 18.6 Å². The van der Waals surface area contributed by atoms with Crippen molar-refractivity contribution in [2.24, 2.45) is 0 Å². The lowest BCUT2D eigenvalue weighted by Gasteiger charge is -2.25. The summed E-state index contributed by atoms with van der Waals surface area (Å²) in [7, 11) is 0. The van der Waals surface area contributed by atoms with Gasteiger partial charge in [0.2, 0.25) is 0 Å². The fraction of sp³-hybridized carbons (Fsp3) is 0.238. The van der Waals surface area contributed by atoms with Gasteiger partial charge in [-0.3, -0.25) is 10.1 Å². The predicted molar refractivity (Wildman–Crippen MR) is 106 cm³/mol. The van der Waals surface area contributed by atoms with E-state index >= 15 is 0 Å². The third-order valence-electron chi connectivity index (χ3n) is 5.23. The van der Waals surface area contributed by atoms with Gasteiger partial charge in [-0.1, -0.05) is 30.3 Å². The third-order valence-corrected chi connectivity index (χ3v) is 5.23. The van der Waals surface area contributed by atoms with Gasteiger partial charge in [-0.2, -0.15) is 5.10 Å². The molecular weight excluding hydrogens is 350 g/mol. The molecule has 1 aromatic carbocycles. The van der Waals surface area contributed by atoms with Crippen molar-refractivity contribution in [2.45, 2.75) is 32.0 Å². The van der Waals surface area contributed by atoms with Crippen LogP contribution in [0.25, 0.3) is 22.6 Å². The highest BCUT2D eigenvalue weighted by Crippen LogP contribution is 2.24. The second kappa shape index (κ2) is 7.36. The summed E-state index contributed by atoms with van der Waals surface area (Å²) in [4.78, 5) is 4.20. The average molecular weight is 371 g/mol. The Labute approximate surface area is 162 Å². The van der Waals surface area contributed by atoms with E-state index in [0.717, 1.165) is 60.0 Å². The first-order valence-corrected chi connectivity index (χ1v) is 9.52. The van der Waals surface area contributed by atoms with Crippen molar-refractivity contribution >= 4 is 0 Å². The van der Waals surface area contributed by atoms with Crippen LogP contribution in [-0.2, 0) is 19.5 Å². The summed E-state index contributed by atoms with van der Waals surface area (Å²) >= 11 is 0. The number of benzene rings is 1. The molecule has 140 valence electrons. The average Bonchev–Trinajstić information content (AvgIpc) is 3.40. The Kier molecular flexibility index (Phi) is 4.42. The van der Waals surface area contributed by atoms with E-state index in [-0.39, 0.29) is 0 Å². The molecule has 1 aliphatic heterocycles. The Morgan fingerprint density at radius 3 is 2.79 bits per heavy atom. The summed E-state index contributed by atoms with van der Waals surface area (Å²) in [6.07, 6.45) is 7.50. The van der Waals surface area contributed by atoms with Crippen LogP contribution in [0.5, 0.6) is 0 Å². The molecule has 28 heavy (non-hydrogen) atoms. The highest BCUT2D eigenvalue weighted by molar-refractivity contribution is 5.61. The van der Waals surface area contributed by atoms with E-state index in [1.54, 1.807) is 6.20 Å². The van der Waals surface area contributed by atoms with Crippen LogP contribution >= 0.6 is 0 Å². The first-order valence-electron chi connectivity index (χ1n) is 9.52. The number of nitrogens with one attached hydrogen (secondary N) is 2. The van der Waals surface area contributed by atoms with Gasteiger partial charge in [0.1, 0.15) is 5.82 Å². The van der Waals surface area contributed by atoms with Gasteiger partial charge in [-0.25, -0.2) is 0 Å². The van der Waals surface area contributed by atoms with Crippen LogP contribution in [-0.4, -0.2) is 36.0 Å². The maximum Gasteiger partial charge on any atom is 0.164 e. The summed E-state index contributed by atoms with van der Waals surface area (Å²) in [5, 5.41) is 19.8. The van der Waals surface area contributed by atoms with Crippen molar-refractivity contribution in [3.05, 3.63) is 72.4 Å². The zero-order chi connectivity index (χ0) is 18.8. The quantitative estimate of drug-likeness (QED) is 0.564. The van der Waals surface area contributed by atoms with Gasteiger partial charge in [0, 0.05) is 54.6 Å². The minimum atomic E-state index is 0.364. The predicted octanol–water partition coefficient (Wildman–Crippen LogP) is 2.83. The molecule has 0 aliphatic carbocycles. The van der Waals surface area contributed by atoms with E-state index in [1.165, 1.54) is 0 Å². The summed E-state index contributed by atoms with van der Waals surface area (Å²) < 4.78 is 2.24. The van der Waals surface area contributed by atoms with Gasteiger partial charge in [-0.15, -0.1) is 10.2 Å². The lowest BCUT2D eigenvalue weighted by Crippen LogP contribution is -2.37. The van der Waals surface area contributed by atoms with E-state index < -0.39 is 0 Å². The molecule has 0 saturated carbocycles. The van der Waals surface area contributed by atoms with Crippen LogP contribution in [0.15, 0.2) is 61.1 Å². The summed E-state index contributed by atoms with van der Waals surface area (Å²) in [6.45, 7) is 1.62. The van der Waals surface area contributed by atoms with Crippen LogP contribution in [0, 0.1) is 0 Å². The second-order valence-electron chi connectivity index (χ2n) is 7.04. The molecule has 0 fully saturated rings. The lowest BCUT2D eigenvalue weighted by molar-refractivity contribution is 0.381. The third kappa shape index (κ3) is 3.20. The van der Waals surface area contributed by atoms with E-state index in [1.807, 2.05) is 42.7 Å². The summed E-state index contributed by atoms with van der Waals surface area (Å²) in [6, 6.07) is 14.6. The fourth-order valence-corrected chi connectivity index (χ4v) is 3.75. The Bertz CT molecular complexity index is 1050. The molecular formula is C21H21N7. The number of pyridine rings is 1. The van der Waals surface area contributed by atoms with Crippen molar-refractivity contribution in [1.82, 2.24) is 35.3 Å². The van der Waals surface area contributed by atoms with Gasteiger partial charge < -0.3 is 9.88 Å². The molecule has 0 radical (unpaired) electrons. The molecule has 0 spiro atoms. The number of aromatic nitrogens is 6. The van der Waals surface area contributed by atoms with Gasteiger partial charge >= 0.3 is 0 Å². The van der Waals surface area contributed by atoms with Crippen LogP contribution in [0.1, 0.15) is 17.8 Å². The lowest BCUT2D eigenvalue weighted by atomic mass is 10.1. The number of rotatable bonds is 5. The van der Waals surface area contributed by atoms with Gasteiger partial charge in [0.05, 0.1) is 11.9 Å². The molecule has 3 aromatic heterocycles. The zero-order valence-corrected chi connectivity index (χ0v) is 15.4. The molecule has 7 heteroatoms. The van der Waals surface area contributed by atoms with E-state index in [4.69, 9.17) is 0 Å². The highest BCUT2D eigenvalue weighted by atomic mass is 15.3. The normalized spacial score (nSPS) is 16.1. The number of aryl methyl sites for hydroxylation is 1. The molecule has 0 amide bonds. The Hall–Kier alpha value is -3.32. The fourth-order valence-electron chi connectivity index (χ4n) is 3.75.